The van der Waals surface area contributed by atoms with Crippen molar-refractivity contribution in [2.45, 2.75) is 85.5 Å². The second kappa shape index (κ2) is 10.2. The molecule has 0 aliphatic rings. The molecule has 0 amide bonds. The molecule has 0 saturated heterocycles. The van der Waals surface area contributed by atoms with Gasteiger partial charge in [0.25, 0.3) is 0 Å². The van der Waals surface area contributed by atoms with Gasteiger partial charge in [0, 0.05) is 22.1 Å². The highest BCUT2D eigenvalue weighted by Gasteiger charge is 2.30. The van der Waals surface area contributed by atoms with Gasteiger partial charge in [-0.3, -0.25) is 0 Å². The molecule has 0 atom stereocenters. The zero-order chi connectivity index (χ0) is 27.8. The number of rotatable bonds is 5. The predicted molar refractivity (Wildman–Crippen MR) is 153 cm³/mol. The first-order valence-corrected chi connectivity index (χ1v) is 13.0. The van der Waals surface area contributed by atoms with Gasteiger partial charge in [0.2, 0.25) is 0 Å². The number of carbonyl (C=O) groups is 1. The zero-order valence-electron chi connectivity index (χ0n) is 24.1. The first-order valence-electron chi connectivity index (χ1n) is 13.0. The molecular weight excluding hydrogens is 460 g/mol. The molecule has 0 fully saturated rings. The molecule has 3 aromatic rings. The van der Waals surface area contributed by atoms with Gasteiger partial charge in [-0.15, -0.1) is 0 Å². The second-order valence-electron chi connectivity index (χ2n) is 12.6. The molecule has 1 aromatic heterocycles. The van der Waals surface area contributed by atoms with Gasteiger partial charge >= 0.3 is 5.97 Å². The Kier molecular flexibility index (Phi) is 7.78. The minimum absolute atomic E-state index is 0.105. The summed E-state index contributed by atoms with van der Waals surface area (Å²) in [5.41, 5.74) is 4.85. The molecule has 0 saturated carbocycles. The number of phenolic OH excluding ortho intramolecular Hbond substituents is 1. The Morgan fingerprint density at radius 1 is 0.919 bits per heavy atom. The van der Waals surface area contributed by atoms with Gasteiger partial charge in [-0.25, -0.2) is 9.47 Å². The molecule has 198 valence electrons. The average molecular weight is 503 g/mol. The maximum absolute atomic E-state index is 13.0. The second-order valence-corrected chi connectivity index (χ2v) is 12.6. The van der Waals surface area contributed by atoms with E-state index >= 15 is 0 Å². The largest absolute Gasteiger partial charge is 0.507 e. The number of hydrogen-bond donors (Lipinski definition) is 1. The van der Waals surface area contributed by atoms with Crippen LogP contribution in [0.1, 0.15) is 102 Å². The Labute approximate surface area is 222 Å². The van der Waals surface area contributed by atoms with Crippen molar-refractivity contribution in [3.05, 3.63) is 76.5 Å². The lowest BCUT2D eigenvalue weighted by Crippen LogP contribution is -2.21. The number of esters is 1. The van der Waals surface area contributed by atoms with Gasteiger partial charge in [-0.2, -0.15) is 5.10 Å². The van der Waals surface area contributed by atoms with E-state index < -0.39 is 5.41 Å². The molecule has 37 heavy (non-hydrogen) atoms. The van der Waals surface area contributed by atoms with Crippen molar-refractivity contribution in [3.63, 3.8) is 0 Å². The zero-order valence-corrected chi connectivity index (χ0v) is 24.1. The van der Waals surface area contributed by atoms with E-state index in [1.54, 1.807) is 13.1 Å². The van der Waals surface area contributed by atoms with Crippen LogP contribution >= 0.6 is 0 Å². The topological polar surface area (TPSA) is 63.8 Å². The highest BCUT2D eigenvalue weighted by Crippen LogP contribution is 2.38. The van der Waals surface area contributed by atoms with E-state index in [9.17, 15) is 9.90 Å². The number of hydrogen-bond acceptors (Lipinski definition) is 4. The fourth-order valence-corrected chi connectivity index (χ4v) is 4.40. The SMILES string of the molecule is CCOC(=O)c1cc(-c2ccccc2)n(/N=C/c2cc(C(C)(C)C)cc(C(C)(C)C)c2O)c1C(C)(C)C. The predicted octanol–water partition coefficient (Wildman–Crippen LogP) is 7.81. The Morgan fingerprint density at radius 3 is 2.05 bits per heavy atom. The Hall–Kier alpha value is -3.34. The number of ether oxygens (including phenoxy) is 1. The summed E-state index contributed by atoms with van der Waals surface area (Å²) in [7, 11) is 0. The van der Waals surface area contributed by atoms with Gasteiger partial charge in [0.15, 0.2) is 0 Å². The lowest BCUT2D eigenvalue weighted by Gasteiger charge is -2.27. The van der Waals surface area contributed by atoms with E-state index in [4.69, 9.17) is 9.84 Å². The molecule has 0 bridgehead atoms. The maximum atomic E-state index is 13.0. The maximum Gasteiger partial charge on any atom is 0.340 e. The van der Waals surface area contributed by atoms with Gasteiger partial charge < -0.3 is 9.84 Å². The van der Waals surface area contributed by atoms with E-state index in [-0.39, 0.29) is 22.5 Å². The molecule has 0 aliphatic heterocycles. The summed E-state index contributed by atoms with van der Waals surface area (Å²) in [4.78, 5) is 13.0. The summed E-state index contributed by atoms with van der Waals surface area (Å²) in [5.74, 6) is -0.147. The molecule has 0 aliphatic carbocycles. The fraction of sp³-hybridized carbons (Fsp3) is 0.438. The molecule has 0 radical (unpaired) electrons. The van der Waals surface area contributed by atoms with Crippen LogP contribution in [-0.2, 0) is 21.0 Å². The van der Waals surface area contributed by atoms with E-state index in [2.05, 4.69) is 68.4 Å². The Balaban J connectivity index is 2.33. The van der Waals surface area contributed by atoms with Crippen molar-refractivity contribution in [1.29, 1.82) is 0 Å². The standard InChI is InChI=1S/C32H42N2O3/c1-11-37-29(36)24-19-26(21-15-13-12-14-16-21)34(28(24)32(8,9)10)33-20-22-17-23(30(2,3)4)18-25(27(22)35)31(5,6)7/h12-20,35H,11H2,1-10H3/b33-20+. The van der Waals surface area contributed by atoms with Crippen molar-refractivity contribution in [3.8, 4) is 17.0 Å². The van der Waals surface area contributed by atoms with Crippen LogP contribution < -0.4 is 0 Å². The van der Waals surface area contributed by atoms with Crippen molar-refractivity contribution < 1.29 is 14.6 Å². The van der Waals surface area contributed by atoms with Crippen molar-refractivity contribution in [1.82, 2.24) is 4.68 Å². The molecule has 1 heterocycles. The average Bonchev–Trinajstić information content (AvgIpc) is 3.18. The van der Waals surface area contributed by atoms with E-state index in [0.29, 0.717) is 17.7 Å². The van der Waals surface area contributed by atoms with Crippen LogP contribution in [0.5, 0.6) is 5.75 Å². The third-order valence-electron chi connectivity index (χ3n) is 6.38. The number of benzene rings is 2. The van der Waals surface area contributed by atoms with E-state index in [0.717, 1.165) is 28.1 Å². The van der Waals surface area contributed by atoms with Crippen molar-refractivity contribution in [2.24, 2.45) is 5.10 Å². The van der Waals surface area contributed by atoms with Crippen LogP contribution in [0.25, 0.3) is 11.3 Å². The van der Waals surface area contributed by atoms with Gasteiger partial charge in [0.05, 0.1) is 29.8 Å². The summed E-state index contributed by atoms with van der Waals surface area (Å²) < 4.78 is 7.23. The third kappa shape index (κ3) is 6.15. The first kappa shape index (κ1) is 28.2. The summed E-state index contributed by atoms with van der Waals surface area (Å²) in [6.45, 7) is 21.0. The summed E-state index contributed by atoms with van der Waals surface area (Å²) >= 11 is 0. The first-order chi connectivity index (χ1) is 17.1. The lowest BCUT2D eigenvalue weighted by molar-refractivity contribution is 0.0523. The molecule has 1 N–H and O–H groups in total. The van der Waals surface area contributed by atoms with Crippen LogP contribution in [0.15, 0.2) is 53.6 Å². The number of aromatic nitrogens is 1. The normalized spacial score (nSPS) is 12.8. The van der Waals surface area contributed by atoms with Crippen LogP contribution in [0.2, 0.25) is 0 Å². The quantitative estimate of drug-likeness (QED) is 0.286. The van der Waals surface area contributed by atoms with E-state index in [1.807, 2.05) is 47.1 Å². The highest BCUT2D eigenvalue weighted by molar-refractivity contribution is 5.93. The van der Waals surface area contributed by atoms with Crippen LogP contribution in [0.3, 0.4) is 0 Å². The van der Waals surface area contributed by atoms with Crippen LogP contribution in [-0.4, -0.2) is 28.6 Å². The van der Waals surface area contributed by atoms with Gasteiger partial charge in [-0.1, -0.05) is 98.7 Å². The van der Waals surface area contributed by atoms with E-state index in [1.165, 1.54) is 0 Å². The molecule has 0 unspecified atom stereocenters. The number of carbonyl (C=O) groups excluding carboxylic acids is 1. The molecule has 0 spiro atoms. The number of phenols is 1. The minimum Gasteiger partial charge on any atom is -0.507 e. The molecule has 3 rings (SSSR count). The summed E-state index contributed by atoms with van der Waals surface area (Å²) in [5, 5.41) is 16.2. The Morgan fingerprint density at radius 2 is 1.54 bits per heavy atom. The van der Waals surface area contributed by atoms with Gasteiger partial charge in [0.1, 0.15) is 5.75 Å². The smallest absolute Gasteiger partial charge is 0.340 e. The van der Waals surface area contributed by atoms with Crippen molar-refractivity contribution >= 4 is 12.2 Å². The fourth-order valence-electron chi connectivity index (χ4n) is 4.40. The Bertz CT molecular complexity index is 1300. The summed E-state index contributed by atoms with van der Waals surface area (Å²) in [6.07, 6.45) is 1.70. The lowest BCUT2D eigenvalue weighted by atomic mass is 9.79. The van der Waals surface area contributed by atoms with Crippen molar-refractivity contribution in [2.75, 3.05) is 6.61 Å². The molecule has 5 heteroatoms. The minimum atomic E-state index is -0.404. The van der Waals surface area contributed by atoms with Crippen LogP contribution in [0.4, 0.5) is 0 Å². The number of aromatic hydroxyl groups is 1. The monoisotopic (exact) mass is 502 g/mol. The molecule has 2 aromatic carbocycles. The number of nitrogens with zero attached hydrogens (tertiary/aromatic N) is 2. The van der Waals surface area contributed by atoms with Gasteiger partial charge in [-0.05, 0) is 35.4 Å². The third-order valence-corrected chi connectivity index (χ3v) is 6.38. The molecule has 5 nitrogen and oxygen atoms in total. The highest BCUT2D eigenvalue weighted by atomic mass is 16.5. The summed E-state index contributed by atoms with van der Waals surface area (Å²) in [6, 6.07) is 15.8. The van der Waals surface area contributed by atoms with Crippen LogP contribution in [0, 0.1) is 0 Å². The molecular formula is C32H42N2O3.